The first-order valence-corrected chi connectivity index (χ1v) is 6.41. The van der Waals surface area contributed by atoms with Crippen molar-refractivity contribution in [2.24, 2.45) is 4.99 Å². The minimum atomic E-state index is -0.351. The number of benzene rings is 1. The molecule has 1 fully saturated rings. The second-order valence-electron chi connectivity index (χ2n) is 5.16. The Morgan fingerprint density at radius 2 is 2.11 bits per heavy atom. The lowest BCUT2D eigenvalue weighted by atomic mass is 9.69. The molecule has 0 saturated heterocycles. The van der Waals surface area contributed by atoms with Gasteiger partial charge in [0.1, 0.15) is 5.75 Å². The van der Waals surface area contributed by atoms with Crippen LogP contribution in [0.15, 0.2) is 23.2 Å². The van der Waals surface area contributed by atoms with Crippen molar-refractivity contribution in [2.75, 3.05) is 7.11 Å². The van der Waals surface area contributed by atoms with E-state index in [0.29, 0.717) is 5.92 Å². The van der Waals surface area contributed by atoms with E-state index in [2.05, 4.69) is 24.9 Å². The molecule has 0 radical (unpaired) electrons. The normalized spacial score (nSPS) is 16.9. The lowest BCUT2D eigenvalue weighted by molar-refractivity contribution is 0.252. The third-order valence-corrected chi connectivity index (χ3v) is 3.81. The molecule has 0 heterocycles. The van der Waals surface area contributed by atoms with Gasteiger partial charge in [0.05, 0.1) is 12.6 Å². The number of hydrogen-bond acceptors (Lipinski definition) is 3. The maximum absolute atomic E-state index is 10.7. The van der Waals surface area contributed by atoms with Crippen LogP contribution in [0.25, 0.3) is 0 Å². The van der Waals surface area contributed by atoms with Crippen LogP contribution in [0.3, 0.4) is 0 Å². The number of rotatable bonds is 4. The molecule has 0 aromatic heterocycles. The van der Waals surface area contributed by atoms with Gasteiger partial charge in [-0.15, -0.1) is 0 Å². The summed E-state index contributed by atoms with van der Waals surface area (Å²) >= 11 is 0. The zero-order chi connectivity index (χ0) is 13.2. The van der Waals surface area contributed by atoms with Crippen molar-refractivity contribution in [1.82, 2.24) is 0 Å². The van der Waals surface area contributed by atoms with Crippen LogP contribution in [0.4, 0.5) is 0 Å². The molecule has 0 amide bonds. The molecule has 0 aliphatic heterocycles. The minimum absolute atomic E-state index is 0.343. The Bertz CT molecular complexity index is 483. The lowest BCUT2D eigenvalue weighted by Gasteiger charge is -2.39. The fourth-order valence-corrected chi connectivity index (χ4v) is 2.76. The lowest BCUT2D eigenvalue weighted by Crippen LogP contribution is -2.33. The number of hydrogen-bond donors (Lipinski definition) is 0. The third kappa shape index (κ3) is 1.95. The number of methoxy groups -OCH3 is 1. The summed E-state index contributed by atoms with van der Waals surface area (Å²) in [6, 6.07) is 6.01. The highest BCUT2D eigenvalue weighted by molar-refractivity contribution is 5.49. The van der Waals surface area contributed by atoms with Crippen molar-refractivity contribution in [1.29, 1.82) is 0 Å². The summed E-state index contributed by atoms with van der Waals surface area (Å²) in [7, 11) is 1.68. The standard InChI is InChI=1S/C15H19NO2/c1-11(2)14-12(6-4-7-13(14)18-3)15(16-10-17)8-5-9-15/h4,6-7,11H,5,8-9H2,1-3H3. The Morgan fingerprint density at radius 3 is 2.56 bits per heavy atom. The van der Waals surface area contributed by atoms with Crippen LogP contribution in [0.2, 0.25) is 0 Å². The van der Waals surface area contributed by atoms with Gasteiger partial charge in [-0.25, -0.2) is 4.79 Å². The summed E-state index contributed by atoms with van der Waals surface area (Å²) in [6.45, 7) is 4.27. The van der Waals surface area contributed by atoms with Gasteiger partial charge in [0.2, 0.25) is 6.08 Å². The van der Waals surface area contributed by atoms with E-state index >= 15 is 0 Å². The number of ether oxygens (including phenoxy) is 1. The van der Waals surface area contributed by atoms with E-state index in [0.717, 1.165) is 30.6 Å². The molecule has 2 rings (SSSR count). The number of isocyanates is 1. The first-order chi connectivity index (χ1) is 8.64. The maximum Gasteiger partial charge on any atom is 0.235 e. The van der Waals surface area contributed by atoms with E-state index in [1.165, 1.54) is 5.56 Å². The van der Waals surface area contributed by atoms with Crippen LogP contribution >= 0.6 is 0 Å². The Kier molecular flexibility index (Phi) is 3.53. The highest BCUT2D eigenvalue weighted by Gasteiger charge is 2.41. The van der Waals surface area contributed by atoms with E-state index in [-0.39, 0.29) is 5.54 Å². The van der Waals surface area contributed by atoms with Crippen LogP contribution in [0, 0.1) is 0 Å². The highest BCUT2D eigenvalue weighted by atomic mass is 16.5. The van der Waals surface area contributed by atoms with Crippen molar-refractivity contribution in [3.05, 3.63) is 29.3 Å². The second-order valence-corrected chi connectivity index (χ2v) is 5.16. The summed E-state index contributed by atoms with van der Waals surface area (Å²) in [4.78, 5) is 14.8. The highest BCUT2D eigenvalue weighted by Crippen LogP contribution is 2.48. The molecule has 1 aromatic carbocycles. The van der Waals surface area contributed by atoms with Gasteiger partial charge < -0.3 is 4.74 Å². The van der Waals surface area contributed by atoms with Gasteiger partial charge in [0.25, 0.3) is 0 Å². The molecule has 18 heavy (non-hydrogen) atoms. The van der Waals surface area contributed by atoms with E-state index in [4.69, 9.17) is 4.74 Å². The van der Waals surface area contributed by atoms with Gasteiger partial charge in [-0.2, -0.15) is 4.99 Å². The van der Waals surface area contributed by atoms with E-state index in [1.54, 1.807) is 13.2 Å². The molecular formula is C15H19NO2. The van der Waals surface area contributed by atoms with Crippen LogP contribution in [-0.4, -0.2) is 13.2 Å². The molecule has 1 aliphatic carbocycles. The molecule has 3 heteroatoms. The zero-order valence-corrected chi connectivity index (χ0v) is 11.2. The molecule has 0 bridgehead atoms. The quantitative estimate of drug-likeness (QED) is 0.601. The zero-order valence-electron chi connectivity index (χ0n) is 11.2. The van der Waals surface area contributed by atoms with Crippen LogP contribution in [0.5, 0.6) is 5.75 Å². The Morgan fingerprint density at radius 1 is 1.39 bits per heavy atom. The predicted octanol–water partition coefficient (Wildman–Crippen LogP) is 3.53. The van der Waals surface area contributed by atoms with E-state index < -0.39 is 0 Å². The number of carbonyl (C=O) groups excluding carboxylic acids is 1. The van der Waals surface area contributed by atoms with Gasteiger partial charge >= 0.3 is 0 Å². The molecule has 0 atom stereocenters. The SMILES string of the molecule is COc1cccc(C2(N=C=O)CCC2)c1C(C)C. The van der Waals surface area contributed by atoms with Crippen molar-refractivity contribution >= 4 is 6.08 Å². The van der Waals surface area contributed by atoms with Crippen LogP contribution in [-0.2, 0) is 10.3 Å². The minimum Gasteiger partial charge on any atom is -0.496 e. The predicted molar refractivity (Wildman–Crippen MR) is 70.7 cm³/mol. The van der Waals surface area contributed by atoms with Gasteiger partial charge in [-0.3, -0.25) is 0 Å². The summed E-state index contributed by atoms with van der Waals surface area (Å²) in [5.41, 5.74) is 1.95. The largest absolute Gasteiger partial charge is 0.496 e. The summed E-state index contributed by atoms with van der Waals surface area (Å²) in [5, 5.41) is 0. The molecule has 0 unspecified atom stereocenters. The monoisotopic (exact) mass is 245 g/mol. The molecule has 0 N–H and O–H groups in total. The fraction of sp³-hybridized carbons (Fsp3) is 0.533. The van der Waals surface area contributed by atoms with Gasteiger partial charge in [-0.1, -0.05) is 26.0 Å². The van der Waals surface area contributed by atoms with Crippen molar-refractivity contribution in [3.8, 4) is 5.75 Å². The molecule has 96 valence electrons. The average molecular weight is 245 g/mol. The molecule has 1 aliphatic rings. The van der Waals surface area contributed by atoms with Gasteiger partial charge in [0.15, 0.2) is 0 Å². The Hall–Kier alpha value is -1.60. The topological polar surface area (TPSA) is 38.7 Å². The summed E-state index contributed by atoms with van der Waals surface area (Å²) in [5.74, 6) is 1.23. The first-order valence-electron chi connectivity index (χ1n) is 6.41. The van der Waals surface area contributed by atoms with Crippen molar-refractivity contribution in [2.45, 2.75) is 44.6 Å². The molecule has 0 spiro atoms. The third-order valence-electron chi connectivity index (χ3n) is 3.81. The molecule has 1 saturated carbocycles. The average Bonchev–Trinajstić information content (AvgIpc) is 2.32. The first kappa shape index (κ1) is 12.8. The van der Waals surface area contributed by atoms with E-state index in [9.17, 15) is 4.79 Å². The van der Waals surface area contributed by atoms with Crippen molar-refractivity contribution in [3.63, 3.8) is 0 Å². The van der Waals surface area contributed by atoms with Gasteiger partial charge in [0, 0.05) is 5.56 Å². The van der Waals surface area contributed by atoms with Crippen LogP contribution < -0.4 is 4.74 Å². The Labute approximate surface area is 108 Å². The summed E-state index contributed by atoms with van der Waals surface area (Å²) in [6.07, 6.45) is 4.71. The second kappa shape index (κ2) is 4.95. The molecule has 1 aromatic rings. The fourth-order valence-electron chi connectivity index (χ4n) is 2.76. The number of aliphatic imine (C=N–C) groups is 1. The Balaban J connectivity index is 2.59. The molecular weight excluding hydrogens is 226 g/mol. The maximum atomic E-state index is 10.7. The summed E-state index contributed by atoms with van der Waals surface area (Å²) < 4.78 is 5.45. The molecule has 3 nitrogen and oxygen atoms in total. The van der Waals surface area contributed by atoms with Crippen LogP contribution in [0.1, 0.15) is 50.2 Å². The van der Waals surface area contributed by atoms with Gasteiger partial charge in [-0.05, 0) is 36.8 Å². The van der Waals surface area contributed by atoms with E-state index in [1.807, 2.05) is 12.1 Å². The smallest absolute Gasteiger partial charge is 0.235 e. The number of nitrogens with zero attached hydrogens (tertiary/aromatic N) is 1. The van der Waals surface area contributed by atoms with Crippen molar-refractivity contribution < 1.29 is 9.53 Å².